The normalized spacial score (nSPS) is 22.3. The highest BCUT2D eigenvalue weighted by molar-refractivity contribution is 5.77. The number of benzene rings is 1. The molecule has 2 atom stereocenters. The highest BCUT2D eigenvalue weighted by Crippen LogP contribution is 2.46. The zero-order valence-electron chi connectivity index (χ0n) is 12.3. The van der Waals surface area contributed by atoms with Crippen LogP contribution in [0.15, 0.2) is 24.3 Å². The predicted octanol–water partition coefficient (Wildman–Crippen LogP) is 2.56. The predicted molar refractivity (Wildman–Crippen MR) is 80.7 cm³/mol. The average Bonchev–Trinajstić information content (AvgIpc) is 3.09. The van der Waals surface area contributed by atoms with Crippen LogP contribution < -0.4 is 0 Å². The monoisotopic (exact) mass is 292 g/mol. The molecule has 5 heteroatoms. The Bertz CT molecular complexity index is 801. The summed E-state index contributed by atoms with van der Waals surface area (Å²) in [5.41, 5.74) is 4.72. The van der Waals surface area contributed by atoms with Gasteiger partial charge in [0.25, 0.3) is 0 Å². The second-order valence-corrected chi connectivity index (χ2v) is 6.03. The van der Waals surface area contributed by atoms with Crippen LogP contribution in [0.1, 0.15) is 42.6 Å². The molecule has 2 aliphatic heterocycles. The van der Waals surface area contributed by atoms with Gasteiger partial charge in [0.15, 0.2) is 0 Å². The van der Waals surface area contributed by atoms with Crippen molar-refractivity contribution in [2.24, 2.45) is 0 Å². The van der Waals surface area contributed by atoms with Gasteiger partial charge in [0, 0.05) is 36.2 Å². The fourth-order valence-corrected chi connectivity index (χ4v) is 3.94. The molecule has 22 heavy (non-hydrogen) atoms. The first-order valence-corrected chi connectivity index (χ1v) is 7.55. The lowest BCUT2D eigenvalue weighted by Gasteiger charge is -2.34. The van der Waals surface area contributed by atoms with E-state index in [-0.39, 0.29) is 11.9 Å². The molecule has 0 spiro atoms. The van der Waals surface area contributed by atoms with E-state index in [4.69, 9.17) is 5.26 Å². The van der Waals surface area contributed by atoms with Crippen LogP contribution in [0, 0.1) is 11.3 Å². The van der Waals surface area contributed by atoms with Crippen LogP contribution >= 0.6 is 0 Å². The summed E-state index contributed by atoms with van der Waals surface area (Å²) >= 11 is 0. The quantitative estimate of drug-likeness (QED) is 0.878. The van der Waals surface area contributed by atoms with Crippen LogP contribution in [0.3, 0.4) is 0 Å². The van der Waals surface area contributed by atoms with E-state index < -0.39 is 0 Å². The van der Waals surface area contributed by atoms with Crippen molar-refractivity contribution >= 4 is 5.91 Å². The van der Waals surface area contributed by atoms with Crippen LogP contribution in [-0.4, -0.2) is 27.0 Å². The van der Waals surface area contributed by atoms with Gasteiger partial charge in [-0.25, -0.2) is 0 Å². The lowest BCUT2D eigenvalue weighted by molar-refractivity contribution is -0.132. The summed E-state index contributed by atoms with van der Waals surface area (Å²) in [6, 6.07) is 10.1. The summed E-state index contributed by atoms with van der Waals surface area (Å²) in [5.74, 6) is 0.135. The maximum Gasteiger partial charge on any atom is 0.220 e. The van der Waals surface area contributed by atoms with Gasteiger partial charge in [0.2, 0.25) is 5.91 Å². The number of aromatic nitrogens is 2. The van der Waals surface area contributed by atoms with E-state index in [0.717, 1.165) is 41.8 Å². The van der Waals surface area contributed by atoms with E-state index in [0.29, 0.717) is 11.6 Å². The highest BCUT2D eigenvalue weighted by atomic mass is 16.2. The topological polar surface area (TPSA) is 72.8 Å². The molecule has 0 radical (unpaired) electrons. The number of fused-ring (bicyclic) bond motifs is 4. The van der Waals surface area contributed by atoms with Crippen molar-refractivity contribution in [2.45, 2.75) is 38.3 Å². The van der Waals surface area contributed by atoms with Gasteiger partial charge in [-0.05, 0) is 25.0 Å². The Kier molecular flexibility index (Phi) is 2.80. The Morgan fingerprint density at radius 2 is 2.32 bits per heavy atom. The number of nitrogens with zero attached hydrogens (tertiary/aromatic N) is 3. The maximum absolute atomic E-state index is 12.0. The van der Waals surface area contributed by atoms with E-state index in [9.17, 15) is 4.79 Å². The van der Waals surface area contributed by atoms with Crippen LogP contribution in [0.25, 0.3) is 11.3 Å². The molecular weight excluding hydrogens is 276 g/mol. The summed E-state index contributed by atoms with van der Waals surface area (Å²) in [5, 5.41) is 16.7. The number of carbonyl (C=O) groups is 1. The van der Waals surface area contributed by atoms with Gasteiger partial charge in [-0.15, -0.1) is 0 Å². The molecular formula is C17H16N4O. The van der Waals surface area contributed by atoms with Crippen molar-refractivity contribution in [3.63, 3.8) is 0 Å². The Morgan fingerprint density at radius 3 is 3.09 bits per heavy atom. The lowest BCUT2D eigenvalue weighted by atomic mass is 9.94. The molecule has 1 saturated heterocycles. The number of hydrogen-bond donors (Lipinski definition) is 1. The van der Waals surface area contributed by atoms with Crippen LogP contribution in [-0.2, 0) is 11.2 Å². The molecule has 1 amide bonds. The molecule has 2 aliphatic rings. The molecule has 4 rings (SSSR count). The SMILES string of the molecule is CC(=O)N1C2CCC1c1c(-c3cccc(C#N)c3)n[nH]c1C2. The smallest absolute Gasteiger partial charge is 0.220 e. The number of amides is 1. The van der Waals surface area contributed by atoms with Gasteiger partial charge in [-0.1, -0.05) is 12.1 Å². The Hall–Kier alpha value is -2.61. The number of aromatic amines is 1. The van der Waals surface area contributed by atoms with Gasteiger partial charge in [0.1, 0.15) is 0 Å². The molecule has 1 fully saturated rings. The minimum Gasteiger partial charge on any atom is -0.332 e. The van der Waals surface area contributed by atoms with Gasteiger partial charge in [-0.2, -0.15) is 10.4 Å². The van der Waals surface area contributed by atoms with E-state index in [1.54, 1.807) is 13.0 Å². The van der Waals surface area contributed by atoms with E-state index in [1.807, 2.05) is 23.1 Å². The molecule has 0 saturated carbocycles. The van der Waals surface area contributed by atoms with E-state index in [2.05, 4.69) is 16.3 Å². The third kappa shape index (κ3) is 1.77. The van der Waals surface area contributed by atoms with E-state index in [1.165, 1.54) is 0 Å². The number of hydrogen-bond acceptors (Lipinski definition) is 3. The number of H-pyrrole nitrogens is 1. The van der Waals surface area contributed by atoms with Crippen molar-refractivity contribution in [3.05, 3.63) is 41.1 Å². The maximum atomic E-state index is 12.0. The molecule has 0 aliphatic carbocycles. The minimum absolute atomic E-state index is 0.116. The first-order valence-electron chi connectivity index (χ1n) is 7.55. The molecule has 110 valence electrons. The first-order chi connectivity index (χ1) is 10.7. The van der Waals surface area contributed by atoms with Crippen molar-refractivity contribution < 1.29 is 4.79 Å². The Balaban J connectivity index is 1.84. The largest absolute Gasteiger partial charge is 0.332 e. The van der Waals surface area contributed by atoms with Gasteiger partial charge in [0.05, 0.1) is 23.4 Å². The molecule has 2 unspecified atom stereocenters. The van der Waals surface area contributed by atoms with Crippen molar-refractivity contribution in [1.82, 2.24) is 15.1 Å². The van der Waals surface area contributed by atoms with Crippen LogP contribution in [0.5, 0.6) is 0 Å². The van der Waals surface area contributed by atoms with Gasteiger partial charge in [-0.3, -0.25) is 9.89 Å². The summed E-state index contributed by atoms with van der Waals surface area (Å²) < 4.78 is 0. The zero-order valence-corrected chi connectivity index (χ0v) is 12.3. The third-order valence-corrected chi connectivity index (χ3v) is 4.79. The molecule has 1 aromatic carbocycles. The third-order valence-electron chi connectivity index (χ3n) is 4.79. The summed E-state index contributed by atoms with van der Waals surface area (Å²) in [7, 11) is 0. The minimum atomic E-state index is 0.116. The molecule has 1 N–H and O–H groups in total. The zero-order chi connectivity index (χ0) is 15.3. The van der Waals surface area contributed by atoms with Crippen molar-refractivity contribution in [3.8, 4) is 17.3 Å². The lowest BCUT2D eigenvalue weighted by Crippen LogP contribution is -2.40. The van der Waals surface area contributed by atoms with E-state index >= 15 is 0 Å². The standard InChI is InChI=1S/C17H16N4O/c1-10(22)21-13-5-6-15(21)16-14(8-13)19-20-17(16)12-4-2-3-11(7-12)9-18/h2-4,7,13,15H,5-6,8H2,1H3,(H,19,20). The average molecular weight is 292 g/mol. The molecule has 2 aromatic rings. The summed E-state index contributed by atoms with van der Waals surface area (Å²) in [6.07, 6.45) is 2.88. The second kappa shape index (κ2) is 4.70. The van der Waals surface area contributed by atoms with Crippen LogP contribution in [0.4, 0.5) is 0 Å². The Labute approximate surface area is 128 Å². The summed E-state index contributed by atoms with van der Waals surface area (Å²) in [4.78, 5) is 14.0. The fourth-order valence-electron chi connectivity index (χ4n) is 3.94. The number of nitrogens with one attached hydrogen (secondary N) is 1. The van der Waals surface area contributed by atoms with Crippen molar-refractivity contribution in [2.75, 3.05) is 0 Å². The number of nitriles is 1. The molecule has 3 heterocycles. The fraction of sp³-hybridized carbons (Fsp3) is 0.353. The van der Waals surface area contributed by atoms with Crippen molar-refractivity contribution in [1.29, 1.82) is 5.26 Å². The molecule has 5 nitrogen and oxygen atoms in total. The van der Waals surface area contributed by atoms with Gasteiger partial charge >= 0.3 is 0 Å². The molecule has 2 bridgehead atoms. The first kappa shape index (κ1) is 13.1. The molecule has 1 aromatic heterocycles. The number of rotatable bonds is 1. The Morgan fingerprint density at radius 1 is 1.45 bits per heavy atom. The van der Waals surface area contributed by atoms with Gasteiger partial charge < -0.3 is 4.90 Å². The number of carbonyl (C=O) groups excluding carboxylic acids is 1. The second-order valence-electron chi connectivity index (χ2n) is 6.03. The van der Waals surface area contributed by atoms with Crippen LogP contribution in [0.2, 0.25) is 0 Å². The highest BCUT2D eigenvalue weighted by Gasteiger charge is 2.43. The summed E-state index contributed by atoms with van der Waals surface area (Å²) in [6.45, 7) is 1.65.